The number of carbonyl (C=O) groups excluding carboxylic acids is 1. The maximum atomic E-state index is 10.9. The molecule has 0 aromatic carbocycles. The van der Waals surface area contributed by atoms with Crippen molar-refractivity contribution in [1.29, 1.82) is 0 Å². The third kappa shape index (κ3) is 1.38. The monoisotopic (exact) mass is 155 g/mol. The second-order valence-electron chi connectivity index (χ2n) is 3.32. The lowest BCUT2D eigenvalue weighted by Gasteiger charge is -2.11. The van der Waals surface area contributed by atoms with Crippen LogP contribution < -0.4 is 5.32 Å². The van der Waals surface area contributed by atoms with Crippen LogP contribution in [0.4, 0.5) is 0 Å². The van der Waals surface area contributed by atoms with Crippen molar-refractivity contribution in [2.45, 2.75) is 25.4 Å². The van der Waals surface area contributed by atoms with Gasteiger partial charge >= 0.3 is 5.97 Å². The average molecular weight is 155 g/mol. The minimum atomic E-state index is 0.00176. The van der Waals surface area contributed by atoms with Gasteiger partial charge in [-0.15, -0.1) is 0 Å². The topological polar surface area (TPSA) is 38.3 Å². The summed E-state index contributed by atoms with van der Waals surface area (Å²) in [6.45, 7) is 2.03. The maximum absolute atomic E-state index is 10.9. The van der Waals surface area contributed by atoms with Crippen molar-refractivity contribution >= 4 is 5.97 Å². The van der Waals surface area contributed by atoms with Gasteiger partial charge in [0.25, 0.3) is 0 Å². The number of esters is 1. The first-order valence-electron chi connectivity index (χ1n) is 4.26. The minimum Gasteiger partial charge on any atom is -0.462 e. The van der Waals surface area contributed by atoms with Crippen LogP contribution >= 0.6 is 0 Å². The van der Waals surface area contributed by atoms with Crippen molar-refractivity contribution in [2.75, 3.05) is 13.1 Å². The number of rotatable bonds is 0. The molecule has 0 radical (unpaired) electrons. The first-order valence-corrected chi connectivity index (χ1v) is 4.26. The fourth-order valence-corrected chi connectivity index (χ4v) is 1.90. The van der Waals surface area contributed by atoms with Crippen molar-refractivity contribution in [3.05, 3.63) is 0 Å². The molecule has 2 fully saturated rings. The molecular formula is C8H13NO2. The minimum absolute atomic E-state index is 0.00176. The Balaban J connectivity index is 2.01. The van der Waals surface area contributed by atoms with Gasteiger partial charge in [0.2, 0.25) is 0 Å². The standard InChI is InChI=1S/C8H13NO2/c10-8-5-6-1-3-9-4-2-7(6)11-8/h6-7,9H,1-5H2/t6-,7+/m1/s1. The molecule has 2 heterocycles. The van der Waals surface area contributed by atoms with E-state index in [9.17, 15) is 4.79 Å². The molecule has 3 heteroatoms. The highest BCUT2D eigenvalue weighted by molar-refractivity contribution is 5.72. The highest BCUT2D eigenvalue weighted by Crippen LogP contribution is 2.28. The third-order valence-electron chi connectivity index (χ3n) is 2.53. The predicted molar refractivity (Wildman–Crippen MR) is 40.1 cm³/mol. The van der Waals surface area contributed by atoms with Crippen molar-refractivity contribution < 1.29 is 9.53 Å². The SMILES string of the molecule is O=C1C[C@H]2CCNCC[C@@H]2O1. The van der Waals surface area contributed by atoms with Crippen LogP contribution in [0.3, 0.4) is 0 Å². The molecule has 0 aromatic rings. The summed E-state index contributed by atoms with van der Waals surface area (Å²) in [5, 5.41) is 3.30. The van der Waals surface area contributed by atoms with E-state index in [1.165, 1.54) is 0 Å². The van der Waals surface area contributed by atoms with Gasteiger partial charge in [0, 0.05) is 5.92 Å². The first kappa shape index (κ1) is 7.10. The second kappa shape index (κ2) is 2.81. The molecule has 0 bridgehead atoms. The van der Waals surface area contributed by atoms with Crippen LogP contribution in [0.15, 0.2) is 0 Å². The van der Waals surface area contributed by atoms with Crippen LogP contribution in [0, 0.1) is 5.92 Å². The third-order valence-corrected chi connectivity index (χ3v) is 2.53. The van der Waals surface area contributed by atoms with Gasteiger partial charge in [-0.1, -0.05) is 0 Å². The van der Waals surface area contributed by atoms with E-state index in [-0.39, 0.29) is 12.1 Å². The van der Waals surface area contributed by atoms with E-state index in [1.807, 2.05) is 0 Å². The number of hydrogen-bond donors (Lipinski definition) is 1. The molecule has 3 nitrogen and oxygen atoms in total. The largest absolute Gasteiger partial charge is 0.462 e. The number of hydrogen-bond acceptors (Lipinski definition) is 3. The molecule has 0 unspecified atom stereocenters. The molecule has 0 amide bonds. The fraction of sp³-hybridized carbons (Fsp3) is 0.875. The molecule has 0 aromatic heterocycles. The maximum Gasteiger partial charge on any atom is 0.306 e. The van der Waals surface area contributed by atoms with Gasteiger partial charge in [0.1, 0.15) is 6.10 Å². The van der Waals surface area contributed by atoms with Crippen LogP contribution in [0.5, 0.6) is 0 Å². The van der Waals surface area contributed by atoms with E-state index in [0.29, 0.717) is 12.3 Å². The molecule has 2 aliphatic heterocycles. The number of fused-ring (bicyclic) bond motifs is 1. The van der Waals surface area contributed by atoms with Gasteiger partial charge in [-0.25, -0.2) is 0 Å². The molecule has 0 aliphatic carbocycles. The fourth-order valence-electron chi connectivity index (χ4n) is 1.90. The van der Waals surface area contributed by atoms with Gasteiger partial charge in [-0.05, 0) is 25.9 Å². The van der Waals surface area contributed by atoms with Crippen molar-refractivity contribution in [1.82, 2.24) is 5.32 Å². The number of ether oxygens (including phenoxy) is 1. The van der Waals surface area contributed by atoms with Gasteiger partial charge < -0.3 is 10.1 Å². The molecule has 2 atom stereocenters. The number of nitrogens with one attached hydrogen (secondary N) is 1. The van der Waals surface area contributed by atoms with E-state index in [0.717, 1.165) is 25.9 Å². The van der Waals surface area contributed by atoms with E-state index >= 15 is 0 Å². The highest BCUT2D eigenvalue weighted by atomic mass is 16.5. The van der Waals surface area contributed by atoms with E-state index < -0.39 is 0 Å². The van der Waals surface area contributed by atoms with Crippen LogP contribution in [-0.4, -0.2) is 25.2 Å². The Kier molecular flexibility index (Phi) is 1.82. The Morgan fingerprint density at radius 3 is 3.09 bits per heavy atom. The molecule has 2 aliphatic rings. The molecule has 0 saturated carbocycles. The zero-order valence-corrected chi connectivity index (χ0v) is 6.51. The Labute approximate surface area is 66.1 Å². The normalized spacial score (nSPS) is 37.6. The van der Waals surface area contributed by atoms with Crippen molar-refractivity contribution in [3.63, 3.8) is 0 Å². The predicted octanol–water partition coefficient (Wildman–Crippen LogP) is 0.301. The van der Waals surface area contributed by atoms with Crippen LogP contribution in [-0.2, 0) is 9.53 Å². The Morgan fingerprint density at radius 1 is 1.36 bits per heavy atom. The van der Waals surface area contributed by atoms with Gasteiger partial charge in [-0.3, -0.25) is 4.79 Å². The van der Waals surface area contributed by atoms with E-state index in [2.05, 4.69) is 5.32 Å². The Hall–Kier alpha value is -0.570. The summed E-state index contributed by atoms with van der Waals surface area (Å²) in [5.41, 5.74) is 0. The summed E-state index contributed by atoms with van der Waals surface area (Å²) in [6, 6.07) is 0. The van der Waals surface area contributed by atoms with Crippen molar-refractivity contribution in [2.24, 2.45) is 5.92 Å². The summed E-state index contributed by atoms with van der Waals surface area (Å²) in [4.78, 5) is 10.9. The van der Waals surface area contributed by atoms with Crippen LogP contribution in [0.25, 0.3) is 0 Å². The first-order chi connectivity index (χ1) is 5.36. The lowest BCUT2D eigenvalue weighted by Crippen LogP contribution is -2.17. The molecule has 11 heavy (non-hydrogen) atoms. The summed E-state index contributed by atoms with van der Waals surface area (Å²) in [5.74, 6) is 0.499. The zero-order chi connectivity index (χ0) is 7.68. The molecule has 1 N–H and O–H groups in total. The second-order valence-corrected chi connectivity index (χ2v) is 3.32. The smallest absolute Gasteiger partial charge is 0.306 e. The molecular weight excluding hydrogens is 142 g/mol. The van der Waals surface area contributed by atoms with Crippen molar-refractivity contribution in [3.8, 4) is 0 Å². The zero-order valence-electron chi connectivity index (χ0n) is 6.51. The Morgan fingerprint density at radius 2 is 2.18 bits per heavy atom. The summed E-state index contributed by atoms with van der Waals surface area (Å²) in [6.07, 6.45) is 2.96. The summed E-state index contributed by atoms with van der Waals surface area (Å²) in [7, 11) is 0. The average Bonchev–Trinajstić information content (AvgIpc) is 2.17. The van der Waals surface area contributed by atoms with Gasteiger partial charge in [0.05, 0.1) is 6.42 Å². The van der Waals surface area contributed by atoms with E-state index in [4.69, 9.17) is 4.74 Å². The quantitative estimate of drug-likeness (QED) is 0.511. The van der Waals surface area contributed by atoms with Crippen LogP contribution in [0.1, 0.15) is 19.3 Å². The van der Waals surface area contributed by atoms with Gasteiger partial charge in [0.15, 0.2) is 0 Å². The molecule has 2 rings (SSSR count). The lowest BCUT2D eigenvalue weighted by molar-refractivity contribution is -0.141. The summed E-state index contributed by atoms with van der Waals surface area (Å²) < 4.78 is 5.17. The number of carbonyl (C=O) groups is 1. The highest BCUT2D eigenvalue weighted by Gasteiger charge is 2.34. The molecule has 62 valence electrons. The lowest BCUT2D eigenvalue weighted by atomic mass is 9.97. The molecule has 2 saturated heterocycles. The Bertz CT molecular complexity index is 153. The van der Waals surface area contributed by atoms with Crippen LogP contribution in [0.2, 0.25) is 0 Å². The van der Waals surface area contributed by atoms with Gasteiger partial charge in [-0.2, -0.15) is 0 Å². The van der Waals surface area contributed by atoms with E-state index in [1.54, 1.807) is 0 Å². The summed E-state index contributed by atoms with van der Waals surface area (Å²) >= 11 is 0. The molecule has 0 spiro atoms.